The number of ether oxygens (including phenoxy) is 1. The molecule has 2 amide bonds. The van der Waals surface area contributed by atoms with Crippen molar-refractivity contribution in [3.8, 4) is 12.3 Å². The summed E-state index contributed by atoms with van der Waals surface area (Å²) in [5.74, 6) is 2.78. The highest BCUT2D eigenvalue weighted by atomic mass is 32.2. The Balaban J connectivity index is 4.46. The van der Waals surface area contributed by atoms with Crippen molar-refractivity contribution in [2.75, 3.05) is 18.6 Å². The van der Waals surface area contributed by atoms with E-state index in [9.17, 15) is 9.59 Å². The fraction of sp³-hybridized carbons (Fsp3) is 0.692. The minimum absolute atomic E-state index is 0.143. The molecule has 0 aliphatic heterocycles. The third-order valence-electron chi connectivity index (χ3n) is 1.98. The third-order valence-corrected chi connectivity index (χ3v) is 2.63. The van der Waals surface area contributed by atoms with E-state index < -0.39 is 17.7 Å². The molecule has 0 aromatic rings. The molecular formula is C13H22N2O3S. The molecule has 19 heavy (non-hydrogen) atoms. The van der Waals surface area contributed by atoms with Gasteiger partial charge in [-0.2, -0.15) is 11.8 Å². The number of alkyl carbamates (subject to hydrolysis) is 1. The summed E-state index contributed by atoms with van der Waals surface area (Å²) in [7, 11) is 0. The van der Waals surface area contributed by atoms with Gasteiger partial charge >= 0.3 is 6.09 Å². The van der Waals surface area contributed by atoms with E-state index in [1.807, 2.05) is 6.26 Å². The first-order valence-electron chi connectivity index (χ1n) is 5.99. The molecule has 0 bridgehead atoms. The molecule has 108 valence electrons. The van der Waals surface area contributed by atoms with Crippen LogP contribution in [0.15, 0.2) is 0 Å². The second kappa shape index (κ2) is 8.70. The summed E-state index contributed by atoms with van der Waals surface area (Å²) in [6.07, 6.45) is 6.94. The standard InChI is InChI=1S/C13H22N2O3S/c1-6-8-14-11(16)10(7-9-19-5)15-12(17)18-13(2,3)4/h1,10H,7-9H2,2-5H3,(H,14,16)(H,15,17). The van der Waals surface area contributed by atoms with Crippen LogP contribution in [0.5, 0.6) is 0 Å². The summed E-state index contributed by atoms with van der Waals surface area (Å²) in [5, 5.41) is 5.12. The number of hydrogen-bond donors (Lipinski definition) is 2. The lowest BCUT2D eigenvalue weighted by Gasteiger charge is -2.23. The van der Waals surface area contributed by atoms with Crippen molar-refractivity contribution in [1.29, 1.82) is 0 Å². The van der Waals surface area contributed by atoms with Crippen LogP contribution < -0.4 is 10.6 Å². The molecule has 0 rings (SSSR count). The summed E-state index contributed by atoms with van der Waals surface area (Å²) in [6, 6.07) is -0.629. The van der Waals surface area contributed by atoms with Crippen LogP contribution in [0.1, 0.15) is 27.2 Å². The topological polar surface area (TPSA) is 67.4 Å². The highest BCUT2D eigenvalue weighted by molar-refractivity contribution is 7.98. The van der Waals surface area contributed by atoms with Gasteiger partial charge in [-0.3, -0.25) is 4.79 Å². The minimum Gasteiger partial charge on any atom is -0.444 e. The predicted molar refractivity (Wildman–Crippen MR) is 78.0 cm³/mol. The Morgan fingerprint density at radius 1 is 1.42 bits per heavy atom. The zero-order valence-corrected chi connectivity index (χ0v) is 12.7. The molecule has 6 heteroatoms. The van der Waals surface area contributed by atoms with Crippen molar-refractivity contribution in [3.63, 3.8) is 0 Å². The number of nitrogens with one attached hydrogen (secondary N) is 2. The van der Waals surface area contributed by atoms with Gasteiger partial charge in [-0.25, -0.2) is 4.79 Å². The number of terminal acetylenes is 1. The predicted octanol–water partition coefficient (Wildman–Crippen LogP) is 1.38. The van der Waals surface area contributed by atoms with Crippen LogP contribution in [0.3, 0.4) is 0 Å². The first-order valence-corrected chi connectivity index (χ1v) is 7.39. The first-order chi connectivity index (χ1) is 8.80. The second-order valence-electron chi connectivity index (χ2n) is 4.90. The highest BCUT2D eigenvalue weighted by Crippen LogP contribution is 2.08. The summed E-state index contributed by atoms with van der Waals surface area (Å²) in [4.78, 5) is 23.5. The maximum Gasteiger partial charge on any atom is 0.408 e. The van der Waals surface area contributed by atoms with Crippen molar-refractivity contribution >= 4 is 23.8 Å². The Kier molecular flexibility index (Phi) is 8.08. The van der Waals surface area contributed by atoms with E-state index in [1.54, 1.807) is 32.5 Å². The molecule has 0 aromatic heterocycles. The summed E-state index contributed by atoms with van der Waals surface area (Å²) < 4.78 is 5.13. The van der Waals surface area contributed by atoms with Crippen molar-refractivity contribution in [2.45, 2.75) is 38.8 Å². The second-order valence-corrected chi connectivity index (χ2v) is 5.89. The van der Waals surface area contributed by atoms with Gasteiger partial charge in [0.25, 0.3) is 0 Å². The van der Waals surface area contributed by atoms with Gasteiger partial charge in [0.1, 0.15) is 11.6 Å². The molecule has 0 heterocycles. The number of carbonyl (C=O) groups excluding carboxylic acids is 2. The SMILES string of the molecule is C#CCNC(=O)C(CCSC)NC(=O)OC(C)(C)C. The Morgan fingerprint density at radius 3 is 2.53 bits per heavy atom. The Labute approximate surface area is 119 Å². The van der Waals surface area contributed by atoms with Gasteiger partial charge < -0.3 is 15.4 Å². The van der Waals surface area contributed by atoms with Crippen LogP contribution in [-0.4, -0.2) is 42.2 Å². The smallest absolute Gasteiger partial charge is 0.408 e. The number of hydrogen-bond acceptors (Lipinski definition) is 4. The molecule has 1 unspecified atom stereocenters. The van der Waals surface area contributed by atoms with Crippen LogP contribution in [0.4, 0.5) is 4.79 Å². The highest BCUT2D eigenvalue weighted by Gasteiger charge is 2.23. The van der Waals surface area contributed by atoms with Crippen LogP contribution in [0, 0.1) is 12.3 Å². The monoisotopic (exact) mass is 286 g/mol. The number of rotatable bonds is 6. The van der Waals surface area contributed by atoms with Crippen LogP contribution in [0.25, 0.3) is 0 Å². The lowest BCUT2D eigenvalue weighted by atomic mass is 10.2. The van der Waals surface area contributed by atoms with Gasteiger partial charge in [-0.15, -0.1) is 6.42 Å². The maximum atomic E-state index is 11.8. The average molecular weight is 286 g/mol. The maximum absolute atomic E-state index is 11.8. The quantitative estimate of drug-likeness (QED) is 0.724. The van der Waals surface area contributed by atoms with Crippen LogP contribution >= 0.6 is 11.8 Å². The molecule has 0 saturated heterocycles. The van der Waals surface area contributed by atoms with E-state index >= 15 is 0 Å². The van der Waals surface area contributed by atoms with Gasteiger partial charge in [0, 0.05) is 0 Å². The van der Waals surface area contributed by atoms with Gasteiger partial charge in [0.2, 0.25) is 5.91 Å². The molecule has 0 aliphatic carbocycles. The largest absolute Gasteiger partial charge is 0.444 e. The molecule has 2 N–H and O–H groups in total. The van der Waals surface area contributed by atoms with E-state index in [0.29, 0.717) is 6.42 Å². The summed E-state index contributed by atoms with van der Waals surface area (Å²) >= 11 is 1.60. The van der Waals surface area contributed by atoms with Crippen molar-refractivity contribution < 1.29 is 14.3 Å². The van der Waals surface area contributed by atoms with E-state index in [1.165, 1.54) is 0 Å². The molecule has 0 radical (unpaired) electrons. The fourth-order valence-corrected chi connectivity index (χ4v) is 1.69. The molecule has 5 nitrogen and oxygen atoms in total. The van der Waals surface area contributed by atoms with Gasteiger partial charge in [0.05, 0.1) is 6.54 Å². The lowest BCUT2D eigenvalue weighted by Crippen LogP contribution is -2.48. The van der Waals surface area contributed by atoms with Crippen molar-refractivity contribution in [1.82, 2.24) is 10.6 Å². The number of amides is 2. The van der Waals surface area contributed by atoms with Crippen LogP contribution in [0.2, 0.25) is 0 Å². The van der Waals surface area contributed by atoms with Crippen molar-refractivity contribution in [3.05, 3.63) is 0 Å². The van der Waals surface area contributed by atoms with E-state index in [2.05, 4.69) is 16.6 Å². The lowest BCUT2D eigenvalue weighted by molar-refractivity contribution is -0.123. The minimum atomic E-state index is -0.629. The molecule has 0 aliphatic rings. The molecule has 0 saturated carbocycles. The summed E-state index contributed by atoms with van der Waals surface area (Å²) in [5.41, 5.74) is -0.594. The van der Waals surface area contributed by atoms with E-state index in [4.69, 9.17) is 11.2 Å². The Morgan fingerprint density at radius 2 is 2.05 bits per heavy atom. The van der Waals surface area contributed by atoms with E-state index in [0.717, 1.165) is 5.75 Å². The molecule has 0 fully saturated rings. The normalized spacial score (nSPS) is 12.2. The summed E-state index contributed by atoms with van der Waals surface area (Å²) in [6.45, 7) is 5.44. The zero-order chi connectivity index (χ0) is 14.9. The average Bonchev–Trinajstić information content (AvgIpc) is 2.29. The van der Waals surface area contributed by atoms with E-state index in [-0.39, 0.29) is 12.5 Å². The van der Waals surface area contributed by atoms with Gasteiger partial charge in [-0.1, -0.05) is 5.92 Å². The first kappa shape index (κ1) is 17.6. The third kappa shape index (κ3) is 9.25. The molecule has 0 spiro atoms. The number of carbonyl (C=O) groups is 2. The molecular weight excluding hydrogens is 264 g/mol. The van der Waals surface area contributed by atoms with Gasteiger partial charge in [0.15, 0.2) is 0 Å². The van der Waals surface area contributed by atoms with Crippen molar-refractivity contribution in [2.24, 2.45) is 0 Å². The van der Waals surface area contributed by atoms with Gasteiger partial charge in [-0.05, 0) is 39.2 Å². The molecule has 1 atom stereocenters. The fourth-order valence-electron chi connectivity index (χ4n) is 1.22. The Bertz CT molecular complexity index is 345. The number of thioether (sulfide) groups is 1. The Hall–Kier alpha value is -1.35. The van der Waals surface area contributed by atoms with Crippen LogP contribution in [-0.2, 0) is 9.53 Å². The molecule has 0 aromatic carbocycles. The zero-order valence-electron chi connectivity index (χ0n) is 11.9.